The second-order valence-corrected chi connectivity index (χ2v) is 6.26. The van der Waals surface area contributed by atoms with Gasteiger partial charge in [-0.05, 0) is 19.8 Å². The molecule has 0 spiro atoms. The van der Waals surface area contributed by atoms with Crippen molar-refractivity contribution in [2.75, 3.05) is 35.3 Å². The molecule has 5 heteroatoms. The second kappa shape index (κ2) is 4.96. The topological polar surface area (TPSA) is 41.0 Å². The molecule has 18 heavy (non-hydrogen) atoms. The Morgan fingerprint density at radius 2 is 2.22 bits per heavy atom. The minimum absolute atomic E-state index is 0.565. The highest BCUT2D eigenvalue weighted by atomic mass is 32.2. The molecule has 0 aromatic carbocycles. The fraction of sp³-hybridized carbons (Fsp3) is 0.692. The zero-order valence-electron chi connectivity index (χ0n) is 11.0. The van der Waals surface area contributed by atoms with Gasteiger partial charge in [-0.25, -0.2) is 9.97 Å². The highest BCUT2D eigenvalue weighted by Crippen LogP contribution is 2.39. The first-order valence-corrected chi connectivity index (χ1v) is 7.84. The molecule has 1 unspecified atom stereocenters. The average Bonchev–Trinajstić information content (AvgIpc) is 3.23. The number of nitrogens with one attached hydrogen (secondary N) is 1. The van der Waals surface area contributed by atoms with Gasteiger partial charge in [0.1, 0.15) is 17.5 Å². The van der Waals surface area contributed by atoms with Crippen molar-refractivity contribution in [3.63, 3.8) is 0 Å². The van der Waals surface area contributed by atoms with Gasteiger partial charge < -0.3 is 10.2 Å². The van der Waals surface area contributed by atoms with Gasteiger partial charge in [-0.2, -0.15) is 11.8 Å². The quantitative estimate of drug-likeness (QED) is 0.907. The molecular weight excluding hydrogens is 244 g/mol. The lowest BCUT2D eigenvalue weighted by Gasteiger charge is -2.34. The summed E-state index contributed by atoms with van der Waals surface area (Å²) >= 11 is 2.03. The van der Waals surface area contributed by atoms with E-state index in [0.29, 0.717) is 12.0 Å². The lowest BCUT2D eigenvalue weighted by molar-refractivity contribution is 0.684. The van der Waals surface area contributed by atoms with E-state index in [1.165, 1.54) is 24.3 Å². The molecule has 2 fully saturated rings. The monoisotopic (exact) mass is 264 g/mol. The first-order valence-electron chi connectivity index (χ1n) is 6.69. The largest absolute Gasteiger partial charge is 0.373 e. The van der Waals surface area contributed by atoms with Crippen LogP contribution in [0.1, 0.15) is 31.5 Å². The maximum absolute atomic E-state index is 4.78. The zero-order chi connectivity index (χ0) is 12.5. The first kappa shape index (κ1) is 12.1. The van der Waals surface area contributed by atoms with Gasteiger partial charge in [-0.1, -0.05) is 0 Å². The van der Waals surface area contributed by atoms with E-state index in [4.69, 9.17) is 4.98 Å². The summed E-state index contributed by atoms with van der Waals surface area (Å²) in [6.45, 7) is 3.38. The minimum Gasteiger partial charge on any atom is -0.373 e. The molecule has 0 bridgehead atoms. The lowest BCUT2D eigenvalue weighted by Crippen LogP contribution is -2.41. The SMILES string of the molecule is CNc1cc(N2CCSCC2C)nc(C2CC2)n1. The number of nitrogens with zero attached hydrogens (tertiary/aromatic N) is 3. The molecule has 3 rings (SSSR count). The minimum atomic E-state index is 0.565. The van der Waals surface area contributed by atoms with Crippen molar-refractivity contribution in [3.8, 4) is 0 Å². The number of hydrogen-bond acceptors (Lipinski definition) is 5. The third kappa shape index (κ3) is 2.41. The van der Waals surface area contributed by atoms with Crippen molar-refractivity contribution in [1.82, 2.24) is 9.97 Å². The van der Waals surface area contributed by atoms with E-state index in [1.807, 2.05) is 18.8 Å². The van der Waals surface area contributed by atoms with Gasteiger partial charge in [-0.3, -0.25) is 0 Å². The molecule has 1 aliphatic carbocycles. The summed E-state index contributed by atoms with van der Waals surface area (Å²) in [6, 6.07) is 2.65. The summed E-state index contributed by atoms with van der Waals surface area (Å²) in [4.78, 5) is 11.8. The van der Waals surface area contributed by atoms with Gasteiger partial charge in [0.25, 0.3) is 0 Å². The molecule has 1 aromatic heterocycles. The zero-order valence-corrected chi connectivity index (χ0v) is 11.8. The molecule has 2 aliphatic rings. The lowest BCUT2D eigenvalue weighted by atomic mass is 10.3. The molecule has 4 nitrogen and oxygen atoms in total. The van der Waals surface area contributed by atoms with Crippen LogP contribution in [-0.4, -0.2) is 41.1 Å². The molecule has 98 valence electrons. The summed E-state index contributed by atoms with van der Waals surface area (Å²) in [5.41, 5.74) is 0. The molecular formula is C13H20N4S. The smallest absolute Gasteiger partial charge is 0.136 e. The number of hydrogen-bond donors (Lipinski definition) is 1. The van der Waals surface area contributed by atoms with Crippen LogP contribution in [0, 0.1) is 0 Å². The van der Waals surface area contributed by atoms with Crippen molar-refractivity contribution in [2.24, 2.45) is 0 Å². The average molecular weight is 264 g/mol. The number of thioether (sulfide) groups is 1. The standard InChI is InChI=1S/C13H20N4S/c1-9-8-18-6-5-17(9)12-7-11(14-2)15-13(16-12)10-3-4-10/h7,9-10H,3-6,8H2,1-2H3,(H,14,15,16). The summed E-state index contributed by atoms with van der Waals surface area (Å²) < 4.78 is 0. The Hall–Kier alpha value is -0.970. The summed E-state index contributed by atoms with van der Waals surface area (Å²) in [5.74, 6) is 6.07. The van der Waals surface area contributed by atoms with E-state index in [1.54, 1.807) is 0 Å². The van der Waals surface area contributed by atoms with Gasteiger partial charge >= 0.3 is 0 Å². The molecule has 0 amide bonds. The van der Waals surface area contributed by atoms with Gasteiger partial charge in [-0.15, -0.1) is 0 Å². The molecule has 1 saturated heterocycles. The van der Waals surface area contributed by atoms with Crippen molar-refractivity contribution < 1.29 is 0 Å². The van der Waals surface area contributed by atoms with Crippen LogP contribution in [0.2, 0.25) is 0 Å². The van der Waals surface area contributed by atoms with E-state index in [9.17, 15) is 0 Å². The van der Waals surface area contributed by atoms with Gasteiger partial charge in [0.2, 0.25) is 0 Å². The number of aromatic nitrogens is 2. The van der Waals surface area contributed by atoms with Crippen LogP contribution in [0.4, 0.5) is 11.6 Å². The van der Waals surface area contributed by atoms with Crippen molar-refractivity contribution in [3.05, 3.63) is 11.9 Å². The Kier molecular flexibility index (Phi) is 3.33. The molecule has 1 atom stereocenters. The van der Waals surface area contributed by atoms with Gasteiger partial charge in [0.15, 0.2) is 0 Å². The molecule has 1 aromatic rings. The van der Waals surface area contributed by atoms with E-state index < -0.39 is 0 Å². The third-order valence-electron chi connectivity index (χ3n) is 3.59. The van der Waals surface area contributed by atoms with Crippen LogP contribution in [0.5, 0.6) is 0 Å². The highest BCUT2D eigenvalue weighted by Gasteiger charge is 2.29. The van der Waals surface area contributed by atoms with E-state index in [0.717, 1.165) is 24.0 Å². The molecule has 1 N–H and O–H groups in total. The van der Waals surface area contributed by atoms with Gasteiger partial charge in [0.05, 0.1) is 0 Å². The third-order valence-corrected chi connectivity index (χ3v) is 4.78. The second-order valence-electron chi connectivity index (χ2n) is 5.11. The fourth-order valence-corrected chi connectivity index (χ4v) is 3.33. The van der Waals surface area contributed by atoms with Crippen molar-refractivity contribution >= 4 is 23.4 Å². The molecule has 2 heterocycles. The first-order chi connectivity index (χ1) is 8.78. The van der Waals surface area contributed by atoms with E-state index >= 15 is 0 Å². The Labute approximate surface area is 113 Å². The van der Waals surface area contributed by atoms with Crippen LogP contribution in [0.25, 0.3) is 0 Å². The Morgan fingerprint density at radius 1 is 1.39 bits per heavy atom. The van der Waals surface area contributed by atoms with Crippen LogP contribution in [0.15, 0.2) is 6.07 Å². The fourth-order valence-electron chi connectivity index (χ4n) is 2.32. The molecule has 1 saturated carbocycles. The van der Waals surface area contributed by atoms with Crippen molar-refractivity contribution in [1.29, 1.82) is 0 Å². The van der Waals surface area contributed by atoms with E-state index in [2.05, 4.69) is 28.2 Å². The summed E-state index contributed by atoms with van der Waals surface area (Å²) in [7, 11) is 1.93. The number of rotatable bonds is 3. The van der Waals surface area contributed by atoms with Crippen molar-refractivity contribution in [2.45, 2.75) is 31.7 Å². The van der Waals surface area contributed by atoms with Crippen LogP contribution < -0.4 is 10.2 Å². The van der Waals surface area contributed by atoms with Crippen LogP contribution in [0.3, 0.4) is 0 Å². The number of anilines is 2. The molecule has 1 aliphatic heterocycles. The van der Waals surface area contributed by atoms with Crippen LogP contribution in [-0.2, 0) is 0 Å². The highest BCUT2D eigenvalue weighted by molar-refractivity contribution is 7.99. The normalized spacial score (nSPS) is 24.1. The Balaban J connectivity index is 1.91. The Morgan fingerprint density at radius 3 is 2.89 bits per heavy atom. The summed E-state index contributed by atoms with van der Waals surface area (Å²) in [5, 5.41) is 3.16. The predicted molar refractivity (Wildman–Crippen MR) is 77.7 cm³/mol. The van der Waals surface area contributed by atoms with E-state index in [-0.39, 0.29) is 0 Å². The van der Waals surface area contributed by atoms with Gasteiger partial charge in [0, 0.05) is 43.1 Å². The summed E-state index contributed by atoms with van der Waals surface area (Å²) in [6.07, 6.45) is 2.50. The Bertz CT molecular complexity index is 433. The maximum atomic E-state index is 4.78. The maximum Gasteiger partial charge on any atom is 0.136 e. The molecule has 0 radical (unpaired) electrons. The predicted octanol–water partition coefficient (Wildman–Crippen LogP) is 2.34. The van der Waals surface area contributed by atoms with Crippen LogP contribution >= 0.6 is 11.8 Å².